The molecule has 14 nitrogen and oxygen atoms in total. The number of nitrogens with zero attached hydrogens (tertiary/aromatic N) is 6. The van der Waals surface area contributed by atoms with Crippen LogP contribution < -0.4 is 10.9 Å². The van der Waals surface area contributed by atoms with Crippen LogP contribution in [0.5, 0.6) is 0 Å². The van der Waals surface area contributed by atoms with Crippen LogP contribution in [0.2, 0.25) is 0 Å². The lowest BCUT2D eigenvalue weighted by molar-refractivity contribution is -0.896. The van der Waals surface area contributed by atoms with Gasteiger partial charge in [-0.25, -0.2) is 17.8 Å². The third-order valence-corrected chi connectivity index (χ3v) is 11.7. The number of carbonyl (C=O) groups excluding carboxylic acids is 2. The Morgan fingerprint density at radius 3 is 2.15 bits per heavy atom. The van der Waals surface area contributed by atoms with Crippen LogP contribution in [0.4, 0.5) is 13.2 Å². The van der Waals surface area contributed by atoms with Crippen LogP contribution in [0.15, 0.2) is 101 Å². The number of benzene rings is 3. The lowest BCUT2D eigenvalue weighted by Gasteiger charge is -2.37. The summed E-state index contributed by atoms with van der Waals surface area (Å²) in [4.78, 5) is 41.0. The number of likely N-dealkylation sites (tertiary alicyclic amines) is 1. The van der Waals surface area contributed by atoms with Gasteiger partial charge in [0, 0.05) is 25.9 Å². The summed E-state index contributed by atoms with van der Waals surface area (Å²) in [7, 11) is 1.57. The van der Waals surface area contributed by atoms with E-state index in [1.807, 2.05) is 0 Å². The highest BCUT2D eigenvalue weighted by molar-refractivity contribution is 7.85. The summed E-state index contributed by atoms with van der Waals surface area (Å²) < 4.78 is 82.5. The van der Waals surface area contributed by atoms with E-state index in [0.717, 1.165) is 47.2 Å². The molecule has 1 saturated heterocycles. The molecular formula is C42H44F3N7O7S. The van der Waals surface area contributed by atoms with Crippen LogP contribution in [0.1, 0.15) is 60.0 Å². The first-order valence-corrected chi connectivity index (χ1v) is 20.7. The molecule has 0 unspecified atom stereocenters. The number of hydrogen-bond donors (Lipinski definition) is 1. The van der Waals surface area contributed by atoms with Crippen molar-refractivity contribution in [1.82, 2.24) is 24.5 Å². The van der Waals surface area contributed by atoms with Gasteiger partial charge in [0.25, 0.3) is 11.5 Å². The smallest absolute Gasteiger partial charge is 0.416 e. The summed E-state index contributed by atoms with van der Waals surface area (Å²) >= 11 is 0. The molecule has 18 heteroatoms. The number of aromatic nitrogens is 4. The minimum absolute atomic E-state index is 0.0726. The predicted octanol–water partition coefficient (Wildman–Crippen LogP) is 5.58. The predicted molar refractivity (Wildman–Crippen MR) is 212 cm³/mol. The molecule has 0 bridgehead atoms. The first-order valence-electron chi connectivity index (χ1n) is 19.2. The molecule has 1 saturated carbocycles. The molecule has 2 aliphatic rings. The van der Waals surface area contributed by atoms with Gasteiger partial charge in [-0.15, -0.1) is 0 Å². The molecule has 7 rings (SSSR count). The summed E-state index contributed by atoms with van der Waals surface area (Å²) in [5.41, 5.74) is -0.655. The van der Waals surface area contributed by atoms with Crippen molar-refractivity contribution in [2.75, 3.05) is 27.2 Å². The average molecular weight is 848 g/mol. The Kier molecular flexibility index (Phi) is 12.8. The molecule has 0 atom stereocenters. The number of halogens is 3. The van der Waals surface area contributed by atoms with Gasteiger partial charge in [0.2, 0.25) is 0 Å². The second kappa shape index (κ2) is 17.7. The first kappa shape index (κ1) is 43.5. The molecule has 1 N–H and O–H groups in total. The van der Waals surface area contributed by atoms with Crippen molar-refractivity contribution in [3.8, 4) is 28.8 Å². The normalized spacial score (nSPS) is 18.1. The van der Waals surface area contributed by atoms with Crippen molar-refractivity contribution in [3.63, 3.8) is 0 Å². The molecular weight excluding hydrogens is 804 g/mol. The SMILES string of the molecule is Cn1c(-c2ccnn2-c2ccc(C#N)cc2)c(C(=O)NC2CCC(C(=O)OC3CC[N+](C)(C)CC3)CC2)c(=O)n1-c1cccc(C(F)(F)F)c1.O=S(=O)([O-])c1ccccc1. The number of amides is 1. The van der Waals surface area contributed by atoms with E-state index in [9.17, 15) is 45.8 Å². The Morgan fingerprint density at radius 1 is 0.917 bits per heavy atom. The number of nitriles is 1. The van der Waals surface area contributed by atoms with Crippen molar-refractivity contribution in [2.24, 2.45) is 13.0 Å². The van der Waals surface area contributed by atoms with E-state index in [0.29, 0.717) is 42.6 Å². The number of quaternary nitrogens is 1. The quantitative estimate of drug-likeness (QED) is 0.119. The zero-order valence-electron chi connectivity index (χ0n) is 33.1. The maximum Gasteiger partial charge on any atom is 0.416 e. The van der Waals surface area contributed by atoms with Crippen LogP contribution in [-0.4, -0.2) is 87.8 Å². The van der Waals surface area contributed by atoms with Gasteiger partial charge in [-0.2, -0.15) is 23.5 Å². The summed E-state index contributed by atoms with van der Waals surface area (Å²) in [5, 5.41) is 16.6. The Morgan fingerprint density at radius 2 is 1.57 bits per heavy atom. The zero-order valence-corrected chi connectivity index (χ0v) is 33.9. The highest BCUT2D eigenvalue weighted by Crippen LogP contribution is 2.32. The third kappa shape index (κ3) is 10.0. The molecule has 60 heavy (non-hydrogen) atoms. The van der Waals surface area contributed by atoms with Crippen molar-refractivity contribution < 1.29 is 45.0 Å². The standard InChI is InChI=1S/C36H38F3N7O4.C6H6O3S/c1-43-32(30-15-18-41-44(30)27-13-7-23(22-40)8-14-27)31(34(48)45(43)28-6-4-5-25(21-28)36(37,38)39)33(47)42-26-11-9-24(10-12-26)35(49)50-29-16-19-46(2,3)20-17-29;7-10(8,9)6-4-2-1-3-5-6/h4-8,13-15,18,21,24,26,29H,9-12,16-17,19-20H2,1-3H3;1-5H,(H,7,8,9). The maximum atomic E-state index is 14.1. The van der Waals surface area contributed by atoms with E-state index in [-0.39, 0.29) is 45.9 Å². The Labute approximate surface area is 344 Å². The largest absolute Gasteiger partial charge is 0.744 e. The molecule has 1 aliphatic heterocycles. The third-order valence-electron chi connectivity index (χ3n) is 10.9. The monoisotopic (exact) mass is 847 g/mol. The first-order chi connectivity index (χ1) is 28.4. The van der Waals surface area contributed by atoms with Crippen LogP contribution in [0.3, 0.4) is 0 Å². The number of rotatable bonds is 8. The summed E-state index contributed by atoms with van der Waals surface area (Å²) in [6.45, 7) is 1.89. The van der Waals surface area contributed by atoms with E-state index in [4.69, 9.17) is 4.74 Å². The number of ether oxygens (including phenoxy) is 1. The molecule has 0 radical (unpaired) electrons. The molecule has 1 amide bonds. The van der Waals surface area contributed by atoms with Gasteiger partial charge in [0.05, 0.1) is 78.5 Å². The van der Waals surface area contributed by atoms with Gasteiger partial charge in [-0.3, -0.25) is 19.1 Å². The van der Waals surface area contributed by atoms with Gasteiger partial charge in [0.1, 0.15) is 27.5 Å². The molecule has 316 valence electrons. The van der Waals surface area contributed by atoms with Gasteiger partial charge in [0.15, 0.2) is 0 Å². The maximum absolute atomic E-state index is 14.1. The van der Waals surface area contributed by atoms with Crippen LogP contribution in [-0.2, 0) is 32.9 Å². The minimum atomic E-state index is -4.65. The number of nitrogens with one attached hydrogen (secondary N) is 1. The molecule has 3 heterocycles. The van der Waals surface area contributed by atoms with E-state index in [2.05, 4.69) is 30.6 Å². The fourth-order valence-electron chi connectivity index (χ4n) is 7.51. The van der Waals surface area contributed by atoms with Gasteiger partial charge >= 0.3 is 12.1 Å². The number of piperidine rings is 1. The summed E-state index contributed by atoms with van der Waals surface area (Å²) in [5.74, 6) is -1.18. The lowest BCUT2D eigenvalue weighted by Crippen LogP contribution is -2.48. The van der Waals surface area contributed by atoms with E-state index in [1.165, 1.54) is 59.0 Å². The zero-order chi connectivity index (χ0) is 43.4. The topological polar surface area (TPSA) is 181 Å². The second-order valence-electron chi connectivity index (χ2n) is 15.5. The van der Waals surface area contributed by atoms with E-state index >= 15 is 0 Å². The molecule has 3 aromatic carbocycles. The second-order valence-corrected chi connectivity index (χ2v) is 16.9. The fourth-order valence-corrected chi connectivity index (χ4v) is 8.00. The van der Waals surface area contributed by atoms with Crippen LogP contribution >= 0.6 is 0 Å². The Hall–Kier alpha value is -6.03. The average Bonchev–Trinajstić information content (AvgIpc) is 3.80. The van der Waals surface area contributed by atoms with Crippen LogP contribution in [0, 0.1) is 17.2 Å². The van der Waals surface area contributed by atoms with Gasteiger partial charge in [-0.1, -0.05) is 24.3 Å². The fraction of sp³-hybridized carbons (Fsp3) is 0.357. The highest BCUT2D eigenvalue weighted by atomic mass is 32.2. The number of carbonyl (C=O) groups is 2. The van der Waals surface area contributed by atoms with Crippen molar-refractivity contribution in [1.29, 1.82) is 5.26 Å². The van der Waals surface area contributed by atoms with E-state index in [1.54, 1.807) is 36.4 Å². The van der Waals surface area contributed by atoms with Crippen LogP contribution in [0.25, 0.3) is 22.8 Å². The molecule has 1 aliphatic carbocycles. The van der Waals surface area contributed by atoms with Crippen molar-refractivity contribution >= 4 is 22.0 Å². The number of hydrogen-bond acceptors (Lipinski definition) is 9. The minimum Gasteiger partial charge on any atom is -0.744 e. The van der Waals surface area contributed by atoms with Crippen molar-refractivity contribution in [2.45, 2.75) is 61.7 Å². The van der Waals surface area contributed by atoms with Gasteiger partial charge < -0.3 is 19.1 Å². The summed E-state index contributed by atoms with van der Waals surface area (Å²) in [6, 6.07) is 21.4. The lowest BCUT2D eigenvalue weighted by atomic mass is 9.86. The molecule has 0 spiro atoms. The molecule has 5 aromatic rings. The molecule has 2 fully saturated rings. The number of esters is 1. The molecule has 2 aromatic heterocycles. The summed E-state index contributed by atoms with van der Waals surface area (Å²) in [6.07, 6.45) is 0.408. The van der Waals surface area contributed by atoms with Crippen molar-refractivity contribution in [3.05, 3.63) is 118 Å². The van der Waals surface area contributed by atoms with E-state index < -0.39 is 33.3 Å². The highest BCUT2D eigenvalue weighted by Gasteiger charge is 2.36. The Bertz CT molecular complexity index is 2540. The Balaban J connectivity index is 0.000000529. The number of alkyl halides is 3. The van der Waals surface area contributed by atoms with Gasteiger partial charge in [-0.05, 0) is 86.3 Å².